The molecule has 2 fully saturated rings. The molecule has 2 saturated carbocycles. The highest BCUT2D eigenvalue weighted by Crippen LogP contribution is 2.57. The van der Waals surface area contributed by atoms with Gasteiger partial charge in [0.05, 0.1) is 27.6 Å². The van der Waals surface area contributed by atoms with Crippen LogP contribution in [0.4, 0.5) is 5.69 Å². The summed E-state index contributed by atoms with van der Waals surface area (Å²) in [4.78, 5) is 15.9. The minimum Gasteiger partial charge on any atom is -0.490 e. The third-order valence-electron chi connectivity index (χ3n) is 11.5. The van der Waals surface area contributed by atoms with Crippen LogP contribution >= 0.6 is 11.6 Å². The number of carbonyl (C=O) groups is 1. The first-order chi connectivity index (χ1) is 20.0. The van der Waals surface area contributed by atoms with Gasteiger partial charge < -0.3 is 14.7 Å². The van der Waals surface area contributed by atoms with Gasteiger partial charge in [0.25, 0.3) is 5.91 Å². The monoisotopic (exact) mass is 610 g/mol. The first-order valence-electron chi connectivity index (χ1n) is 15.7. The van der Waals surface area contributed by atoms with Crippen molar-refractivity contribution in [1.29, 1.82) is 0 Å². The number of hydrogen-bond donors (Lipinski definition) is 2. The highest BCUT2D eigenvalue weighted by Gasteiger charge is 2.56. The van der Waals surface area contributed by atoms with Crippen molar-refractivity contribution in [1.82, 2.24) is 4.72 Å². The highest BCUT2D eigenvalue weighted by molar-refractivity contribution is 7.99. The Morgan fingerprint density at radius 1 is 1.12 bits per heavy atom. The number of rotatable bonds is 0. The van der Waals surface area contributed by atoms with Gasteiger partial charge in [0.1, 0.15) is 5.75 Å². The van der Waals surface area contributed by atoms with Crippen molar-refractivity contribution in [2.45, 2.75) is 81.5 Å². The summed E-state index contributed by atoms with van der Waals surface area (Å²) in [6, 6.07) is 11.8. The molecule has 0 radical (unpaired) electrons. The Kier molecular flexibility index (Phi) is 6.91. The molecule has 2 heterocycles. The lowest BCUT2D eigenvalue weighted by Crippen LogP contribution is -2.53. The van der Waals surface area contributed by atoms with Gasteiger partial charge in [-0.2, -0.15) is 0 Å². The number of nitrogens with zero attached hydrogens (tertiary/aromatic N) is 1. The fourth-order valence-electron chi connectivity index (χ4n) is 8.61. The molecule has 8 atom stereocenters. The summed E-state index contributed by atoms with van der Waals surface area (Å²) in [5.74, 6) is 5.67. The maximum Gasteiger partial charge on any atom is 0.262 e. The van der Waals surface area contributed by atoms with Crippen LogP contribution in [0, 0.1) is 23.7 Å². The molecule has 7 rings (SSSR count). The molecule has 1 spiro atoms. The van der Waals surface area contributed by atoms with E-state index >= 15 is 0 Å². The zero-order chi connectivity index (χ0) is 29.4. The van der Waals surface area contributed by atoms with Gasteiger partial charge in [0.2, 0.25) is 0 Å². The first kappa shape index (κ1) is 28.5. The van der Waals surface area contributed by atoms with Gasteiger partial charge in [-0.05, 0) is 136 Å². The molecule has 2 unspecified atom stereocenters. The van der Waals surface area contributed by atoms with Crippen molar-refractivity contribution in [3.63, 3.8) is 0 Å². The number of benzene rings is 2. The number of aliphatic hydroxyl groups is 1. The van der Waals surface area contributed by atoms with Crippen LogP contribution in [-0.4, -0.2) is 51.6 Å². The standard InChI is InChI=1S/C34H43ClN2O4S/c1-21-6-7-23-16-29(23)33(2,39)27-11-8-25(27)18-37-19-34(14-4-5-22-15-26(35)10-12-28(22)34)20-41-31-13-9-24(17-30(31)37)32(38)36-42(21,3)40/h9-10,12-13,15,17,21,23,25,27,29,39H,3-8,11,14,16,18-20H2,1-2H3,(H,36,38,40)/t21-,23+,25+,27-,29?,33+,34+,42?/m1/s1. The number of halogens is 1. The van der Waals surface area contributed by atoms with Crippen LogP contribution in [0.2, 0.25) is 5.02 Å². The normalized spacial score (nSPS) is 39.5. The largest absolute Gasteiger partial charge is 0.490 e. The van der Waals surface area contributed by atoms with Crippen LogP contribution in [0.15, 0.2) is 36.4 Å². The van der Waals surface area contributed by atoms with Crippen molar-refractivity contribution in [3.05, 3.63) is 58.1 Å². The van der Waals surface area contributed by atoms with Gasteiger partial charge in [-0.15, -0.1) is 0 Å². The summed E-state index contributed by atoms with van der Waals surface area (Å²) in [6.45, 7) is 6.09. The fourth-order valence-corrected chi connectivity index (χ4v) is 9.95. The van der Waals surface area contributed by atoms with E-state index in [0.29, 0.717) is 30.4 Å². The second-order valence-electron chi connectivity index (χ2n) is 14.1. The number of nitrogens with one attached hydrogen (secondary N) is 1. The van der Waals surface area contributed by atoms with Crippen molar-refractivity contribution in [2.75, 3.05) is 24.6 Å². The van der Waals surface area contributed by atoms with Gasteiger partial charge in [0, 0.05) is 34.3 Å². The van der Waals surface area contributed by atoms with Crippen LogP contribution in [0.3, 0.4) is 0 Å². The van der Waals surface area contributed by atoms with Crippen molar-refractivity contribution in [3.8, 4) is 5.75 Å². The summed E-state index contributed by atoms with van der Waals surface area (Å²) in [7, 11) is -2.85. The maximum atomic E-state index is 13.6. The molecule has 42 heavy (non-hydrogen) atoms. The zero-order valence-corrected chi connectivity index (χ0v) is 26.3. The van der Waals surface area contributed by atoms with E-state index in [4.69, 9.17) is 16.3 Å². The molecule has 5 aliphatic rings. The van der Waals surface area contributed by atoms with Crippen LogP contribution in [-0.2, 0) is 21.5 Å². The van der Waals surface area contributed by atoms with Crippen LogP contribution < -0.4 is 14.4 Å². The van der Waals surface area contributed by atoms with Crippen LogP contribution in [0.25, 0.3) is 0 Å². The Bertz CT molecular complexity index is 1520. The Morgan fingerprint density at radius 2 is 1.93 bits per heavy atom. The smallest absolute Gasteiger partial charge is 0.262 e. The quantitative estimate of drug-likeness (QED) is 0.370. The second kappa shape index (κ2) is 10.2. The number of hydrogen-bond acceptors (Lipinski definition) is 5. The lowest BCUT2D eigenvalue weighted by molar-refractivity contribution is -0.0868. The molecule has 8 heteroatoms. The molecule has 226 valence electrons. The maximum absolute atomic E-state index is 13.6. The van der Waals surface area contributed by atoms with Crippen molar-refractivity contribution < 1.29 is 18.8 Å². The van der Waals surface area contributed by atoms with Gasteiger partial charge in [-0.1, -0.05) is 17.7 Å². The van der Waals surface area contributed by atoms with E-state index in [-0.39, 0.29) is 28.4 Å². The Labute approximate surface area is 255 Å². The molecule has 2 aromatic rings. The Hall–Kier alpha value is -2.22. The highest BCUT2D eigenvalue weighted by atomic mass is 35.5. The van der Waals surface area contributed by atoms with Gasteiger partial charge in [-0.25, -0.2) is 4.21 Å². The number of aryl methyl sites for hydroxylation is 1. The van der Waals surface area contributed by atoms with E-state index in [1.54, 1.807) is 6.07 Å². The van der Waals surface area contributed by atoms with E-state index in [0.717, 1.165) is 74.5 Å². The van der Waals surface area contributed by atoms with E-state index in [1.807, 2.05) is 25.1 Å². The average molecular weight is 611 g/mol. The molecule has 2 aliphatic heterocycles. The summed E-state index contributed by atoms with van der Waals surface area (Å²) in [5.41, 5.74) is 3.03. The predicted molar refractivity (Wildman–Crippen MR) is 170 cm³/mol. The molecular weight excluding hydrogens is 568 g/mol. The van der Waals surface area contributed by atoms with Crippen molar-refractivity contribution >= 4 is 38.8 Å². The van der Waals surface area contributed by atoms with E-state index < -0.39 is 15.3 Å². The third-order valence-corrected chi connectivity index (χ3v) is 13.8. The van der Waals surface area contributed by atoms with Crippen LogP contribution in [0.5, 0.6) is 5.75 Å². The molecule has 3 aliphatic carbocycles. The molecule has 2 bridgehead atoms. The van der Waals surface area contributed by atoms with Gasteiger partial charge in [-0.3, -0.25) is 9.52 Å². The zero-order valence-electron chi connectivity index (χ0n) is 24.7. The molecule has 1 amide bonds. The van der Waals surface area contributed by atoms with E-state index in [1.165, 1.54) is 11.1 Å². The fraction of sp³-hybridized carbons (Fsp3) is 0.588. The minimum atomic E-state index is -2.85. The van der Waals surface area contributed by atoms with Gasteiger partial charge in [0.15, 0.2) is 0 Å². The SMILES string of the molecule is C=S1(=O)NC(=O)c2ccc3c(c2)N(C[C@@H]2CC[C@H]2[C@](C)(O)C2C[C@@H]2CC[C@H]1C)C[C@@]1(CCCc2cc(Cl)ccc21)CO3. The summed E-state index contributed by atoms with van der Waals surface area (Å²) in [6.07, 6.45) is 7.84. The topological polar surface area (TPSA) is 78.9 Å². The van der Waals surface area contributed by atoms with Gasteiger partial charge >= 0.3 is 0 Å². The van der Waals surface area contributed by atoms with Crippen molar-refractivity contribution in [2.24, 2.45) is 23.7 Å². The summed E-state index contributed by atoms with van der Waals surface area (Å²) in [5, 5.41) is 12.4. The number of anilines is 1. The van der Waals surface area contributed by atoms with Crippen LogP contribution in [0.1, 0.15) is 80.3 Å². The summed E-state index contributed by atoms with van der Waals surface area (Å²) >= 11 is 6.42. The number of carbonyl (C=O) groups excluding carboxylic acids is 1. The Balaban J connectivity index is 1.31. The third kappa shape index (κ3) is 4.84. The summed E-state index contributed by atoms with van der Waals surface area (Å²) < 4.78 is 23.0. The molecular formula is C34H43ClN2O4S. The lowest BCUT2D eigenvalue weighted by Gasteiger charge is -2.49. The molecule has 0 aromatic heterocycles. The average Bonchev–Trinajstić information content (AvgIpc) is 3.73. The number of amides is 1. The number of ether oxygens (including phenoxy) is 1. The second-order valence-corrected chi connectivity index (χ2v) is 17.0. The van der Waals surface area contributed by atoms with E-state index in [9.17, 15) is 14.1 Å². The molecule has 2 aromatic carbocycles. The number of fused-ring (bicyclic) bond motifs is 5. The predicted octanol–water partition coefficient (Wildman–Crippen LogP) is 5.77. The minimum absolute atomic E-state index is 0.207. The first-order valence-corrected chi connectivity index (χ1v) is 17.8. The lowest BCUT2D eigenvalue weighted by atomic mass is 9.63. The Morgan fingerprint density at radius 3 is 2.71 bits per heavy atom. The molecule has 0 saturated heterocycles. The molecule has 6 nitrogen and oxygen atoms in total. The van der Waals surface area contributed by atoms with E-state index in [2.05, 4.69) is 34.5 Å². The molecule has 2 N–H and O–H groups in total.